The fourth-order valence-corrected chi connectivity index (χ4v) is 2.57. The molecule has 0 saturated carbocycles. The van der Waals surface area contributed by atoms with Crippen LogP contribution in [0.3, 0.4) is 0 Å². The Morgan fingerprint density at radius 2 is 1.89 bits per heavy atom. The maximum atomic E-state index is 12.3. The molecule has 1 saturated heterocycles. The second-order valence-electron chi connectivity index (χ2n) is 5.03. The number of nitrogens with zero attached hydrogens (tertiary/aromatic N) is 1. The van der Waals surface area contributed by atoms with Gasteiger partial charge in [0.15, 0.2) is 0 Å². The van der Waals surface area contributed by atoms with E-state index in [0.29, 0.717) is 5.92 Å². The molecule has 4 radical (unpaired) electrons. The van der Waals surface area contributed by atoms with E-state index in [9.17, 15) is 4.39 Å². The molecule has 1 aromatic rings. The molecule has 5 heteroatoms. The minimum absolute atomic E-state index is 0.192. The highest BCUT2D eigenvalue weighted by molar-refractivity contribution is 9.10. The first-order valence-corrected chi connectivity index (χ1v) is 6.94. The van der Waals surface area contributed by atoms with E-state index in [4.69, 9.17) is 15.7 Å². The van der Waals surface area contributed by atoms with Gasteiger partial charge in [-0.05, 0) is 36.5 Å². The molecule has 0 unspecified atom stereocenters. The Bertz CT molecular complexity index is 390. The lowest BCUT2D eigenvalue weighted by molar-refractivity contribution is 0.0605. The van der Waals surface area contributed by atoms with E-state index in [1.54, 1.807) is 0 Å². The van der Waals surface area contributed by atoms with Crippen LogP contribution in [0.25, 0.3) is 0 Å². The van der Waals surface area contributed by atoms with E-state index in [1.165, 1.54) is 5.56 Å². The van der Waals surface area contributed by atoms with E-state index >= 15 is 0 Å². The molecule has 0 aliphatic carbocycles. The van der Waals surface area contributed by atoms with Crippen LogP contribution in [-0.2, 0) is 6.42 Å². The van der Waals surface area contributed by atoms with Crippen molar-refractivity contribution in [2.24, 2.45) is 5.92 Å². The third-order valence-electron chi connectivity index (χ3n) is 3.48. The standard InChI is InChI=1S/C13H15B2BrFN/c14-13(15,5-6-17)18-8-11(9-18)7-10-1-3-12(16)4-2-10/h1-4,11H,5-9H2. The third-order valence-corrected chi connectivity index (χ3v) is 4.01. The predicted octanol–water partition coefficient (Wildman–Crippen LogP) is 2.27. The fraction of sp³-hybridized carbons (Fsp3) is 0.538. The summed E-state index contributed by atoms with van der Waals surface area (Å²) in [6, 6.07) is 8.33. The minimum Gasteiger partial charge on any atom is -0.314 e. The fourth-order valence-electron chi connectivity index (χ4n) is 2.30. The van der Waals surface area contributed by atoms with E-state index in [1.807, 2.05) is 17.0 Å². The average molecular weight is 306 g/mol. The van der Waals surface area contributed by atoms with Crippen molar-refractivity contribution in [3.63, 3.8) is 0 Å². The lowest BCUT2D eigenvalue weighted by atomic mass is 9.57. The highest BCUT2D eigenvalue weighted by Crippen LogP contribution is 2.27. The van der Waals surface area contributed by atoms with Gasteiger partial charge in [0.2, 0.25) is 0 Å². The van der Waals surface area contributed by atoms with Crippen LogP contribution in [0, 0.1) is 5.92 Å². The number of alkyl halides is 1. The maximum absolute atomic E-state index is 12.3. The molecule has 2 rings (SSSR count). The Balaban J connectivity index is 1.81. The summed E-state index contributed by atoms with van der Waals surface area (Å²) in [5.41, 5.74) is 1.31. The molecule has 1 heterocycles. The van der Waals surface area contributed by atoms with Crippen molar-refractivity contribution >= 4 is 31.6 Å². The zero-order chi connectivity index (χ0) is 13.2. The van der Waals surface area contributed by atoms with Gasteiger partial charge < -0.3 is 4.90 Å². The molecule has 92 valence electrons. The summed E-state index contributed by atoms with van der Waals surface area (Å²) < 4.78 is 13.4. The molecule has 0 N–H and O–H groups in total. The molecular weight excluding hydrogens is 291 g/mol. The molecule has 1 fully saturated rings. The van der Waals surface area contributed by atoms with Gasteiger partial charge in [0.05, 0.1) is 22.4 Å². The van der Waals surface area contributed by atoms with Gasteiger partial charge in [-0.15, -0.1) is 0 Å². The first-order chi connectivity index (χ1) is 8.51. The SMILES string of the molecule is [B]C([B])(CCF)N1CC(Cc2ccc(Br)cc2)C1. The van der Waals surface area contributed by atoms with Crippen molar-refractivity contribution in [3.05, 3.63) is 34.3 Å². The average Bonchev–Trinajstić information content (AvgIpc) is 2.25. The Kier molecular flexibility index (Phi) is 4.54. The molecule has 0 atom stereocenters. The lowest BCUT2D eigenvalue weighted by Crippen LogP contribution is -2.61. The van der Waals surface area contributed by atoms with Gasteiger partial charge in [-0.25, -0.2) is 0 Å². The van der Waals surface area contributed by atoms with Gasteiger partial charge in [-0.2, -0.15) is 0 Å². The van der Waals surface area contributed by atoms with Gasteiger partial charge >= 0.3 is 0 Å². The van der Waals surface area contributed by atoms with Crippen molar-refractivity contribution in [1.82, 2.24) is 4.90 Å². The topological polar surface area (TPSA) is 3.24 Å². The van der Waals surface area contributed by atoms with Gasteiger partial charge in [-0.3, -0.25) is 4.39 Å². The highest BCUT2D eigenvalue weighted by Gasteiger charge is 2.35. The molecule has 0 aromatic heterocycles. The summed E-state index contributed by atoms with van der Waals surface area (Å²) in [7, 11) is 11.7. The molecule has 1 aromatic carbocycles. The summed E-state index contributed by atoms with van der Waals surface area (Å²) >= 11 is 3.42. The van der Waals surface area contributed by atoms with Crippen LogP contribution in [0.5, 0.6) is 0 Å². The summed E-state index contributed by atoms with van der Waals surface area (Å²) in [5, 5.41) is -0.981. The van der Waals surface area contributed by atoms with Gasteiger partial charge in [-0.1, -0.05) is 33.4 Å². The smallest absolute Gasteiger partial charge is 0.0897 e. The molecular formula is C13H15B2BrFN. The monoisotopic (exact) mass is 305 g/mol. The predicted molar refractivity (Wildman–Crippen MR) is 77.7 cm³/mol. The number of halogens is 2. The normalized spacial score (nSPS) is 17.7. The lowest BCUT2D eigenvalue weighted by Gasteiger charge is -2.50. The first-order valence-electron chi connectivity index (χ1n) is 6.14. The van der Waals surface area contributed by atoms with Crippen LogP contribution in [0.4, 0.5) is 4.39 Å². The maximum Gasteiger partial charge on any atom is 0.0897 e. The van der Waals surface area contributed by atoms with E-state index in [2.05, 4.69) is 28.1 Å². The molecule has 0 amide bonds. The molecule has 18 heavy (non-hydrogen) atoms. The summed E-state index contributed by atoms with van der Waals surface area (Å²) in [5.74, 6) is 0.567. The zero-order valence-corrected chi connectivity index (χ0v) is 11.9. The zero-order valence-electron chi connectivity index (χ0n) is 10.3. The van der Waals surface area contributed by atoms with Gasteiger partial charge in [0.25, 0.3) is 0 Å². The van der Waals surface area contributed by atoms with Crippen molar-refractivity contribution in [3.8, 4) is 0 Å². The van der Waals surface area contributed by atoms with Crippen molar-refractivity contribution in [2.45, 2.75) is 18.2 Å². The van der Waals surface area contributed by atoms with Gasteiger partial charge in [0, 0.05) is 17.6 Å². The van der Waals surface area contributed by atoms with Crippen molar-refractivity contribution < 1.29 is 4.39 Å². The number of hydrogen-bond donors (Lipinski definition) is 0. The number of rotatable bonds is 5. The molecule has 1 aliphatic heterocycles. The van der Waals surface area contributed by atoms with Crippen LogP contribution in [-0.4, -0.2) is 45.7 Å². The number of benzene rings is 1. The molecule has 1 aliphatic rings. The molecule has 1 nitrogen and oxygen atoms in total. The van der Waals surface area contributed by atoms with E-state index in [0.717, 1.165) is 24.0 Å². The molecule has 0 spiro atoms. The Morgan fingerprint density at radius 1 is 1.28 bits per heavy atom. The number of hydrogen-bond acceptors (Lipinski definition) is 1. The molecule has 0 bridgehead atoms. The summed E-state index contributed by atoms with van der Waals surface area (Å²) in [6.07, 6.45) is 1.22. The van der Waals surface area contributed by atoms with Crippen LogP contribution < -0.4 is 0 Å². The highest BCUT2D eigenvalue weighted by atomic mass is 79.9. The van der Waals surface area contributed by atoms with Crippen LogP contribution in [0.2, 0.25) is 0 Å². The Morgan fingerprint density at radius 3 is 2.44 bits per heavy atom. The van der Waals surface area contributed by atoms with E-state index < -0.39 is 12.0 Å². The Hall–Kier alpha value is -0.280. The second-order valence-corrected chi connectivity index (χ2v) is 5.95. The summed E-state index contributed by atoms with van der Waals surface area (Å²) in [6.45, 7) is 1.23. The second kappa shape index (κ2) is 5.79. The van der Waals surface area contributed by atoms with Gasteiger partial charge in [0.1, 0.15) is 0 Å². The Labute approximate surface area is 119 Å². The van der Waals surface area contributed by atoms with E-state index in [-0.39, 0.29) is 6.42 Å². The van der Waals surface area contributed by atoms with Crippen molar-refractivity contribution in [2.75, 3.05) is 19.8 Å². The van der Waals surface area contributed by atoms with Crippen LogP contribution in [0.15, 0.2) is 28.7 Å². The number of likely N-dealkylation sites (tertiary alicyclic amines) is 1. The van der Waals surface area contributed by atoms with Crippen LogP contribution in [0.1, 0.15) is 12.0 Å². The minimum atomic E-state index is -0.981. The van der Waals surface area contributed by atoms with Crippen LogP contribution >= 0.6 is 15.9 Å². The third kappa shape index (κ3) is 3.39. The summed E-state index contributed by atoms with van der Waals surface area (Å²) in [4.78, 5) is 1.95. The first kappa shape index (κ1) is 14.1. The quantitative estimate of drug-likeness (QED) is 0.755. The van der Waals surface area contributed by atoms with Crippen molar-refractivity contribution in [1.29, 1.82) is 0 Å². The largest absolute Gasteiger partial charge is 0.314 e.